The first kappa shape index (κ1) is 22.6. The first-order valence-electron chi connectivity index (χ1n) is 9.07. The van der Waals surface area contributed by atoms with Crippen LogP contribution in [0.25, 0.3) is 0 Å². The van der Waals surface area contributed by atoms with Crippen molar-refractivity contribution >= 4 is 53.3 Å². The quantitative estimate of drug-likeness (QED) is 0.348. The van der Waals surface area contributed by atoms with E-state index < -0.39 is 33.1 Å². The molecule has 0 aliphatic rings. The number of aryl methyl sites for hydroxylation is 1. The highest BCUT2D eigenvalue weighted by atomic mass is 79.9. The highest BCUT2D eigenvalue weighted by molar-refractivity contribution is 9.10. The molecule has 0 bridgehead atoms. The van der Waals surface area contributed by atoms with Gasteiger partial charge in [-0.25, -0.2) is 8.42 Å². The molecule has 0 N–H and O–H groups in total. The van der Waals surface area contributed by atoms with E-state index in [2.05, 4.69) is 31.9 Å². The molecule has 4 nitrogen and oxygen atoms in total. The van der Waals surface area contributed by atoms with Gasteiger partial charge in [-0.05, 0) is 43.3 Å². The lowest BCUT2D eigenvalue weighted by molar-refractivity contribution is 0.0920. The average Bonchev–Trinajstić information content (AvgIpc) is 2.72. The fraction of sp³-hybridized carbons (Fsp3) is 0.130. The second-order valence-corrected chi connectivity index (χ2v) is 10.8. The van der Waals surface area contributed by atoms with E-state index >= 15 is 0 Å². The van der Waals surface area contributed by atoms with E-state index in [-0.39, 0.29) is 10.5 Å². The smallest absolute Gasteiger partial charge is 0.189 e. The second-order valence-electron chi connectivity index (χ2n) is 6.85. The maximum Gasteiger partial charge on any atom is 0.189 e. The minimum Gasteiger partial charge on any atom is -0.294 e. The van der Waals surface area contributed by atoms with E-state index in [1.807, 2.05) is 6.92 Å². The van der Waals surface area contributed by atoms with Gasteiger partial charge >= 0.3 is 0 Å². The molecule has 0 spiro atoms. The van der Waals surface area contributed by atoms with Gasteiger partial charge in [-0.2, -0.15) is 0 Å². The molecule has 0 radical (unpaired) electrons. The molecule has 0 aliphatic heterocycles. The number of Topliss-reactive ketones (excluding diaryl/α,β-unsaturated/α-hetero) is 2. The first-order chi connectivity index (χ1) is 14.2. The number of hydrogen-bond donors (Lipinski definition) is 0. The van der Waals surface area contributed by atoms with E-state index in [1.54, 1.807) is 60.7 Å². The first-order valence-corrected chi connectivity index (χ1v) is 12.2. The summed E-state index contributed by atoms with van der Waals surface area (Å²) in [4.78, 5) is 26.1. The van der Waals surface area contributed by atoms with Crippen molar-refractivity contribution in [3.05, 3.63) is 98.4 Å². The Kier molecular flexibility index (Phi) is 7.06. The third-order valence-electron chi connectivity index (χ3n) is 4.68. The topological polar surface area (TPSA) is 68.3 Å². The maximum absolute atomic E-state index is 13.4. The van der Waals surface area contributed by atoms with Gasteiger partial charge in [-0.15, -0.1) is 0 Å². The van der Waals surface area contributed by atoms with Gasteiger partial charge < -0.3 is 0 Å². The zero-order valence-corrected chi connectivity index (χ0v) is 20.0. The van der Waals surface area contributed by atoms with Gasteiger partial charge in [-0.1, -0.05) is 73.8 Å². The van der Waals surface area contributed by atoms with Crippen LogP contribution >= 0.6 is 31.9 Å². The molecule has 0 aliphatic carbocycles. The summed E-state index contributed by atoms with van der Waals surface area (Å²) in [5.74, 6) is -1.01. The Morgan fingerprint density at radius 3 is 1.73 bits per heavy atom. The van der Waals surface area contributed by atoms with Gasteiger partial charge in [0.1, 0.15) is 5.25 Å². The van der Waals surface area contributed by atoms with E-state index in [9.17, 15) is 18.0 Å². The number of rotatable bonds is 7. The fourth-order valence-corrected chi connectivity index (χ4v) is 5.12. The zero-order valence-electron chi connectivity index (χ0n) is 16.0. The van der Waals surface area contributed by atoms with Crippen molar-refractivity contribution in [3.8, 4) is 0 Å². The van der Waals surface area contributed by atoms with Gasteiger partial charge in [0.05, 0.1) is 4.90 Å². The Morgan fingerprint density at radius 1 is 0.767 bits per heavy atom. The van der Waals surface area contributed by atoms with Crippen LogP contribution in [0.4, 0.5) is 0 Å². The summed E-state index contributed by atoms with van der Waals surface area (Å²) >= 11 is 6.61. The Morgan fingerprint density at radius 2 is 1.23 bits per heavy atom. The molecule has 3 rings (SSSR count). The monoisotopic (exact) mass is 548 g/mol. The molecule has 3 aromatic rings. The number of benzene rings is 3. The van der Waals surface area contributed by atoms with Crippen LogP contribution in [0.2, 0.25) is 0 Å². The van der Waals surface area contributed by atoms with Crippen molar-refractivity contribution in [3.63, 3.8) is 0 Å². The van der Waals surface area contributed by atoms with Gasteiger partial charge in [0.15, 0.2) is 21.4 Å². The molecule has 0 unspecified atom stereocenters. The molecule has 7 heteroatoms. The van der Waals surface area contributed by atoms with E-state index in [0.29, 0.717) is 5.56 Å². The van der Waals surface area contributed by atoms with Gasteiger partial charge in [0, 0.05) is 26.5 Å². The summed E-state index contributed by atoms with van der Waals surface area (Å²) < 4.78 is 28.3. The average molecular weight is 550 g/mol. The number of hydrogen-bond acceptors (Lipinski definition) is 4. The van der Waals surface area contributed by atoms with Crippen LogP contribution in [0, 0.1) is 6.92 Å². The summed E-state index contributed by atoms with van der Waals surface area (Å²) in [6.07, 6.45) is -0.438. The Bertz CT molecular complexity index is 1170. The minimum absolute atomic E-state index is 0.0205. The predicted octanol–water partition coefficient (Wildman–Crippen LogP) is 5.82. The summed E-state index contributed by atoms with van der Waals surface area (Å²) in [7, 11) is -4.08. The summed E-state index contributed by atoms with van der Waals surface area (Å²) in [6, 6.07) is 19.3. The van der Waals surface area contributed by atoms with Crippen LogP contribution < -0.4 is 0 Å². The van der Waals surface area contributed by atoms with Crippen molar-refractivity contribution in [2.45, 2.75) is 23.5 Å². The number of halogens is 2. The number of carbonyl (C=O) groups is 2. The van der Waals surface area contributed by atoms with E-state index in [4.69, 9.17) is 0 Å². The molecular formula is C23H18Br2O4S. The lowest BCUT2D eigenvalue weighted by Crippen LogP contribution is -2.33. The van der Waals surface area contributed by atoms with Crippen LogP contribution in [-0.2, 0) is 9.84 Å². The number of ketones is 2. The number of sulfone groups is 1. The number of carbonyl (C=O) groups excluding carboxylic acids is 2. The van der Waals surface area contributed by atoms with Crippen molar-refractivity contribution in [1.29, 1.82) is 0 Å². The van der Waals surface area contributed by atoms with Crippen molar-refractivity contribution in [2.24, 2.45) is 0 Å². The zero-order chi connectivity index (χ0) is 21.9. The van der Waals surface area contributed by atoms with E-state index in [1.165, 1.54) is 12.1 Å². The molecule has 0 heterocycles. The molecular weight excluding hydrogens is 532 g/mol. The third-order valence-corrected chi connectivity index (χ3v) is 7.80. The van der Waals surface area contributed by atoms with Crippen LogP contribution in [0.15, 0.2) is 86.6 Å². The predicted molar refractivity (Wildman–Crippen MR) is 124 cm³/mol. The van der Waals surface area contributed by atoms with Gasteiger partial charge in [0.25, 0.3) is 0 Å². The normalized spacial score (nSPS) is 12.4. The van der Waals surface area contributed by atoms with Gasteiger partial charge in [0.2, 0.25) is 0 Å². The molecule has 0 amide bonds. The van der Waals surface area contributed by atoms with Crippen molar-refractivity contribution in [1.82, 2.24) is 0 Å². The highest BCUT2D eigenvalue weighted by Crippen LogP contribution is 2.25. The molecule has 1 atom stereocenters. The highest BCUT2D eigenvalue weighted by Gasteiger charge is 2.36. The van der Waals surface area contributed by atoms with Crippen LogP contribution in [0.3, 0.4) is 0 Å². The van der Waals surface area contributed by atoms with Crippen molar-refractivity contribution < 1.29 is 18.0 Å². The fourth-order valence-electron chi connectivity index (χ4n) is 2.96. The summed E-state index contributed by atoms with van der Waals surface area (Å²) in [5, 5.41) is -1.52. The Labute approximate surface area is 192 Å². The lowest BCUT2D eigenvalue weighted by Gasteiger charge is -2.17. The third kappa shape index (κ3) is 5.14. The maximum atomic E-state index is 13.4. The molecule has 154 valence electrons. The molecule has 0 fully saturated rings. The van der Waals surface area contributed by atoms with E-state index in [0.717, 1.165) is 14.5 Å². The minimum atomic E-state index is -4.08. The molecule has 0 aromatic heterocycles. The van der Waals surface area contributed by atoms with Crippen LogP contribution in [-0.4, -0.2) is 25.2 Å². The summed E-state index contributed by atoms with van der Waals surface area (Å²) in [6.45, 7) is 1.85. The SMILES string of the molecule is Cc1ccc(S(=O)(=O)[C@@H](CC(=O)c2ccc(Br)cc2)C(=O)c2ccc(Br)cc2)cc1. The molecule has 3 aromatic carbocycles. The molecule has 0 saturated carbocycles. The van der Waals surface area contributed by atoms with Crippen molar-refractivity contribution in [2.75, 3.05) is 0 Å². The summed E-state index contributed by atoms with van der Waals surface area (Å²) in [5.41, 5.74) is 1.49. The lowest BCUT2D eigenvalue weighted by atomic mass is 10.0. The Balaban J connectivity index is 2.02. The molecule has 30 heavy (non-hydrogen) atoms. The standard InChI is InChI=1S/C23H18Br2O4S/c1-15-2-12-20(13-3-15)30(28,29)22(23(27)17-6-10-19(25)11-7-17)14-21(26)16-4-8-18(24)9-5-16/h2-13,22H,14H2,1H3/t22-/m0/s1. The van der Waals surface area contributed by atoms with Crippen LogP contribution in [0.5, 0.6) is 0 Å². The second kappa shape index (κ2) is 9.37. The largest absolute Gasteiger partial charge is 0.294 e. The molecule has 0 saturated heterocycles. The Hall–Kier alpha value is -2.09. The van der Waals surface area contributed by atoms with Gasteiger partial charge in [-0.3, -0.25) is 9.59 Å². The van der Waals surface area contributed by atoms with Crippen LogP contribution in [0.1, 0.15) is 32.7 Å².